The van der Waals surface area contributed by atoms with Crippen molar-refractivity contribution in [1.82, 2.24) is 14.7 Å². The zero-order valence-electron chi connectivity index (χ0n) is 16.8. The number of Topliss-reactive ketones (excluding diaryl/α,β-unsaturated/α-hetero) is 1. The van der Waals surface area contributed by atoms with Crippen molar-refractivity contribution < 1.29 is 14.3 Å². The summed E-state index contributed by atoms with van der Waals surface area (Å²) >= 11 is 0. The number of likely N-dealkylation sites (tertiary alicyclic amines) is 1. The first kappa shape index (κ1) is 19.8. The van der Waals surface area contributed by atoms with Gasteiger partial charge in [0, 0.05) is 37.9 Å². The van der Waals surface area contributed by atoms with E-state index in [2.05, 4.69) is 21.4 Å². The second kappa shape index (κ2) is 8.88. The fourth-order valence-electron chi connectivity index (χ4n) is 4.14. The highest BCUT2D eigenvalue weighted by atomic mass is 16.5. The number of hydrogen-bond donors (Lipinski definition) is 1. The number of carbonyl (C=O) groups is 2. The fraction of sp³-hybridized carbons (Fsp3) is 0.500. The van der Waals surface area contributed by atoms with E-state index in [9.17, 15) is 9.59 Å². The Morgan fingerprint density at radius 3 is 2.76 bits per heavy atom. The van der Waals surface area contributed by atoms with Crippen LogP contribution in [0.2, 0.25) is 0 Å². The summed E-state index contributed by atoms with van der Waals surface area (Å²) in [5, 5.41) is 7.51. The van der Waals surface area contributed by atoms with Crippen molar-refractivity contribution in [3.8, 4) is 0 Å². The minimum atomic E-state index is -0.0639. The number of nitrogens with one attached hydrogen (secondary N) is 1. The van der Waals surface area contributed by atoms with E-state index < -0.39 is 0 Å². The van der Waals surface area contributed by atoms with Crippen molar-refractivity contribution >= 4 is 17.5 Å². The van der Waals surface area contributed by atoms with Crippen LogP contribution in [0.3, 0.4) is 0 Å². The topological polar surface area (TPSA) is 76.5 Å². The summed E-state index contributed by atoms with van der Waals surface area (Å²) in [5.74, 6) is 0.829. The van der Waals surface area contributed by atoms with Crippen LogP contribution in [0.1, 0.15) is 48.1 Å². The van der Waals surface area contributed by atoms with Crippen LogP contribution in [0, 0.1) is 5.92 Å². The summed E-state index contributed by atoms with van der Waals surface area (Å²) < 4.78 is 7.28. The largest absolute Gasteiger partial charge is 0.381 e. The van der Waals surface area contributed by atoms with E-state index in [1.54, 1.807) is 13.1 Å². The maximum absolute atomic E-state index is 12.4. The van der Waals surface area contributed by atoms with Gasteiger partial charge in [-0.25, -0.2) is 4.68 Å². The molecular formula is C22H28N4O3. The van der Waals surface area contributed by atoms with Gasteiger partial charge in [0.15, 0.2) is 5.78 Å². The molecule has 1 aromatic heterocycles. The number of amides is 1. The van der Waals surface area contributed by atoms with Crippen LogP contribution in [0.25, 0.3) is 0 Å². The van der Waals surface area contributed by atoms with Gasteiger partial charge in [-0.3, -0.25) is 14.5 Å². The Morgan fingerprint density at radius 2 is 2.03 bits per heavy atom. The predicted octanol–water partition coefficient (Wildman–Crippen LogP) is 2.90. The highest BCUT2D eigenvalue weighted by Gasteiger charge is 2.27. The Kier molecular flexibility index (Phi) is 6.06. The highest BCUT2D eigenvalue weighted by Crippen LogP contribution is 2.27. The molecule has 2 saturated heterocycles. The molecule has 1 amide bonds. The van der Waals surface area contributed by atoms with Crippen molar-refractivity contribution in [2.24, 2.45) is 5.92 Å². The second-order valence-electron chi connectivity index (χ2n) is 7.97. The van der Waals surface area contributed by atoms with Crippen LogP contribution in [0.5, 0.6) is 0 Å². The predicted molar refractivity (Wildman–Crippen MR) is 110 cm³/mol. The molecule has 1 aromatic carbocycles. The normalized spacial score (nSPS) is 20.7. The molecule has 2 aromatic rings. The van der Waals surface area contributed by atoms with Crippen LogP contribution in [-0.4, -0.2) is 52.7 Å². The number of ether oxygens (including phenoxy) is 1. The van der Waals surface area contributed by atoms with Gasteiger partial charge in [0.05, 0.1) is 24.8 Å². The number of piperidine rings is 1. The molecule has 0 aliphatic carbocycles. The summed E-state index contributed by atoms with van der Waals surface area (Å²) in [7, 11) is 0. The average molecular weight is 396 g/mol. The van der Waals surface area contributed by atoms with Crippen LogP contribution in [0.4, 0.5) is 5.82 Å². The molecule has 0 radical (unpaired) electrons. The average Bonchev–Trinajstić information content (AvgIpc) is 3.41. The van der Waals surface area contributed by atoms with Crippen LogP contribution in [0.15, 0.2) is 36.5 Å². The smallest absolute Gasteiger partial charge is 0.231 e. The Hall–Kier alpha value is -2.51. The third kappa shape index (κ3) is 4.74. The summed E-state index contributed by atoms with van der Waals surface area (Å²) in [4.78, 5) is 26.4. The Balaban J connectivity index is 1.33. The monoisotopic (exact) mass is 396 g/mol. The molecule has 2 aliphatic heterocycles. The standard InChI is InChI=1S/C22H28N4O3/c1-16(27)18-4-2-3-17(13-18)14-25-10-6-20(7-11-25)26-21(5-9-23-26)24-22(28)19-8-12-29-15-19/h2-5,9,13,19-20H,6-8,10-12,14-15H2,1H3,(H,24,28)/t19-/m0/s1. The van der Waals surface area contributed by atoms with Crippen LogP contribution < -0.4 is 5.32 Å². The molecule has 2 aliphatic rings. The van der Waals surface area contributed by atoms with E-state index in [4.69, 9.17) is 4.74 Å². The number of nitrogens with zero attached hydrogens (tertiary/aromatic N) is 3. The van der Waals surface area contributed by atoms with Crippen LogP contribution >= 0.6 is 0 Å². The molecule has 0 saturated carbocycles. The molecule has 2 fully saturated rings. The molecule has 29 heavy (non-hydrogen) atoms. The van der Waals surface area contributed by atoms with Gasteiger partial charge in [-0.2, -0.15) is 5.10 Å². The van der Waals surface area contributed by atoms with Crippen molar-refractivity contribution in [2.45, 2.75) is 38.8 Å². The molecule has 7 nitrogen and oxygen atoms in total. The highest BCUT2D eigenvalue weighted by molar-refractivity contribution is 5.94. The van der Waals surface area contributed by atoms with Crippen molar-refractivity contribution in [1.29, 1.82) is 0 Å². The Labute approximate surface area is 171 Å². The molecule has 0 spiro atoms. The lowest BCUT2D eigenvalue weighted by Gasteiger charge is -2.32. The number of ketones is 1. The molecule has 3 heterocycles. The molecule has 0 bridgehead atoms. The maximum Gasteiger partial charge on any atom is 0.231 e. The van der Waals surface area contributed by atoms with Crippen LogP contribution in [-0.2, 0) is 16.1 Å². The molecular weight excluding hydrogens is 368 g/mol. The minimum Gasteiger partial charge on any atom is -0.381 e. The van der Waals surface area contributed by atoms with Gasteiger partial charge in [-0.05, 0) is 37.8 Å². The summed E-state index contributed by atoms with van der Waals surface area (Å²) in [5.41, 5.74) is 1.93. The second-order valence-corrected chi connectivity index (χ2v) is 7.97. The number of anilines is 1. The third-order valence-corrected chi connectivity index (χ3v) is 5.86. The third-order valence-electron chi connectivity index (χ3n) is 5.86. The quantitative estimate of drug-likeness (QED) is 0.760. The van der Waals surface area contributed by atoms with E-state index in [1.165, 1.54) is 5.56 Å². The van der Waals surface area contributed by atoms with E-state index in [0.717, 1.165) is 50.3 Å². The molecule has 154 valence electrons. The first-order valence-electron chi connectivity index (χ1n) is 10.3. The maximum atomic E-state index is 12.4. The number of carbonyl (C=O) groups excluding carboxylic acids is 2. The lowest BCUT2D eigenvalue weighted by atomic mass is 10.0. The van der Waals surface area contributed by atoms with Gasteiger partial charge in [0.1, 0.15) is 5.82 Å². The van der Waals surface area contributed by atoms with E-state index in [1.807, 2.05) is 28.9 Å². The molecule has 1 atom stereocenters. The number of aromatic nitrogens is 2. The fourth-order valence-corrected chi connectivity index (χ4v) is 4.14. The number of hydrogen-bond acceptors (Lipinski definition) is 5. The molecule has 1 N–H and O–H groups in total. The van der Waals surface area contributed by atoms with Gasteiger partial charge in [-0.15, -0.1) is 0 Å². The van der Waals surface area contributed by atoms with Gasteiger partial charge >= 0.3 is 0 Å². The SMILES string of the molecule is CC(=O)c1cccc(CN2CCC(n3nccc3NC(=O)[C@H]3CCOC3)CC2)c1. The molecule has 0 unspecified atom stereocenters. The van der Waals surface area contributed by atoms with E-state index >= 15 is 0 Å². The zero-order chi connectivity index (χ0) is 20.2. The lowest BCUT2D eigenvalue weighted by Crippen LogP contribution is -2.35. The first-order valence-corrected chi connectivity index (χ1v) is 10.3. The number of rotatable bonds is 6. The van der Waals surface area contributed by atoms with Gasteiger partial charge in [-0.1, -0.05) is 18.2 Å². The minimum absolute atomic E-state index is 0.0204. The van der Waals surface area contributed by atoms with Crippen molar-refractivity contribution in [2.75, 3.05) is 31.6 Å². The lowest BCUT2D eigenvalue weighted by molar-refractivity contribution is -0.119. The zero-order valence-corrected chi connectivity index (χ0v) is 16.8. The van der Waals surface area contributed by atoms with E-state index in [0.29, 0.717) is 13.2 Å². The van der Waals surface area contributed by atoms with Gasteiger partial charge in [0.25, 0.3) is 0 Å². The summed E-state index contributed by atoms with van der Waals surface area (Å²) in [6, 6.07) is 10.0. The van der Waals surface area contributed by atoms with Crippen molar-refractivity contribution in [3.63, 3.8) is 0 Å². The van der Waals surface area contributed by atoms with Gasteiger partial charge in [0.2, 0.25) is 5.91 Å². The molecule has 4 rings (SSSR count). The first-order chi connectivity index (χ1) is 14.1. The van der Waals surface area contributed by atoms with Crippen molar-refractivity contribution in [3.05, 3.63) is 47.7 Å². The summed E-state index contributed by atoms with van der Waals surface area (Å²) in [6.07, 6.45) is 4.48. The molecule has 7 heteroatoms. The Bertz CT molecular complexity index is 864. The number of benzene rings is 1. The summed E-state index contributed by atoms with van der Waals surface area (Å²) in [6.45, 7) is 5.52. The van der Waals surface area contributed by atoms with E-state index in [-0.39, 0.29) is 23.7 Å². The van der Waals surface area contributed by atoms with Gasteiger partial charge < -0.3 is 10.1 Å². The Morgan fingerprint density at radius 1 is 1.21 bits per heavy atom.